The van der Waals surface area contributed by atoms with Crippen molar-refractivity contribution >= 4 is 27.8 Å². The van der Waals surface area contributed by atoms with Crippen LogP contribution >= 0.6 is 0 Å². The molecular weight excluding hydrogens is 414 g/mol. The number of imidazole rings is 1. The maximum absolute atomic E-state index is 12.6. The molecule has 4 rings (SSSR count). The number of hydrogen-bond donors (Lipinski definition) is 2. The molecule has 0 aliphatic rings. The lowest BCUT2D eigenvalue weighted by molar-refractivity contribution is -0.122. The Kier molecular flexibility index (Phi) is 7.17. The molecule has 7 heteroatoms. The second-order valence-electron chi connectivity index (χ2n) is 8.96. The molecular formula is C26H31N5O2. The first-order chi connectivity index (χ1) is 16.0. The van der Waals surface area contributed by atoms with Gasteiger partial charge in [0.2, 0.25) is 5.91 Å². The molecule has 2 aromatic carbocycles. The van der Waals surface area contributed by atoms with Gasteiger partial charge in [0.25, 0.3) is 5.56 Å². The number of H-pyrrole nitrogens is 1. The molecule has 4 aromatic rings. The summed E-state index contributed by atoms with van der Waals surface area (Å²) in [6.07, 6.45) is 5.36. The third kappa shape index (κ3) is 5.66. The van der Waals surface area contributed by atoms with Crippen LogP contribution in [0.3, 0.4) is 0 Å². The predicted octanol–water partition coefficient (Wildman–Crippen LogP) is 4.74. The smallest absolute Gasteiger partial charge is 0.261 e. The van der Waals surface area contributed by atoms with Gasteiger partial charge in [-0.2, -0.15) is 0 Å². The minimum Gasteiger partial charge on any atom is -0.346 e. The molecule has 2 aromatic heterocycles. The largest absolute Gasteiger partial charge is 0.346 e. The molecule has 7 nitrogen and oxygen atoms in total. The Labute approximate surface area is 193 Å². The molecule has 172 valence electrons. The van der Waals surface area contributed by atoms with Crippen molar-refractivity contribution in [2.45, 2.75) is 58.5 Å². The Hall–Kier alpha value is -3.48. The lowest BCUT2D eigenvalue weighted by Crippen LogP contribution is -2.30. The van der Waals surface area contributed by atoms with E-state index in [1.165, 1.54) is 0 Å². The number of para-hydroxylation sites is 3. The van der Waals surface area contributed by atoms with Gasteiger partial charge in [-0.15, -0.1) is 0 Å². The van der Waals surface area contributed by atoms with E-state index in [9.17, 15) is 9.59 Å². The van der Waals surface area contributed by atoms with Crippen molar-refractivity contribution in [3.05, 3.63) is 71.0 Å². The fourth-order valence-corrected chi connectivity index (χ4v) is 4.12. The highest BCUT2D eigenvalue weighted by Gasteiger charge is 2.19. The Balaban J connectivity index is 1.28. The molecule has 0 spiro atoms. The number of nitrogens with one attached hydrogen (secondary N) is 2. The number of rotatable bonds is 10. The normalized spacial score (nSPS) is 12.5. The highest BCUT2D eigenvalue weighted by Crippen LogP contribution is 2.22. The van der Waals surface area contributed by atoms with Crippen molar-refractivity contribution in [3.8, 4) is 0 Å². The van der Waals surface area contributed by atoms with Crippen LogP contribution in [0.5, 0.6) is 0 Å². The van der Waals surface area contributed by atoms with Crippen LogP contribution in [0.2, 0.25) is 0 Å². The molecule has 2 heterocycles. The van der Waals surface area contributed by atoms with E-state index in [0.717, 1.165) is 48.1 Å². The van der Waals surface area contributed by atoms with Gasteiger partial charge < -0.3 is 10.3 Å². The van der Waals surface area contributed by atoms with Crippen LogP contribution in [0.4, 0.5) is 0 Å². The third-order valence-corrected chi connectivity index (χ3v) is 5.81. The van der Waals surface area contributed by atoms with Gasteiger partial charge in [0.15, 0.2) is 0 Å². The summed E-state index contributed by atoms with van der Waals surface area (Å²) in [7, 11) is 0. The minimum absolute atomic E-state index is 0.0132. The van der Waals surface area contributed by atoms with Gasteiger partial charge in [0.05, 0.1) is 34.3 Å². The van der Waals surface area contributed by atoms with E-state index in [1.54, 1.807) is 17.0 Å². The number of hydrogen-bond acceptors (Lipinski definition) is 4. The number of benzene rings is 2. The first kappa shape index (κ1) is 22.7. The second kappa shape index (κ2) is 10.4. The van der Waals surface area contributed by atoms with E-state index in [0.29, 0.717) is 24.3 Å². The lowest BCUT2D eigenvalue weighted by Gasteiger charge is -2.18. The number of fused-ring (bicyclic) bond motifs is 2. The summed E-state index contributed by atoms with van der Waals surface area (Å²) in [6.45, 7) is 4.89. The fraction of sp³-hybridized carbons (Fsp3) is 0.385. The van der Waals surface area contributed by atoms with Crippen LogP contribution in [-0.2, 0) is 11.3 Å². The van der Waals surface area contributed by atoms with E-state index < -0.39 is 0 Å². The van der Waals surface area contributed by atoms with Crippen LogP contribution in [0.1, 0.15) is 57.8 Å². The van der Waals surface area contributed by atoms with Crippen molar-refractivity contribution < 1.29 is 4.79 Å². The van der Waals surface area contributed by atoms with Gasteiger partial charge in [-0.05, 0) is 49.4 Å². The molecule has 0 radical (unpaired) electrons. The zero-order valence-electron chi connectivity index (χ0n) is 19.3. The molecule has 0 saturated heterocycles. The number of carbonyl (C=O) groups excluding carboxylic acids is 1. The summed E-state index contributed by atoms with van der Waals surface area (Å²) < 4.78 is 1.66. The predicted molar refractivity (Wildman–Crippen MR) is 131 cm³/mol. The van der Waals surface area contributed by atoms with Crippen LogP contribution < -0.4 is 10.9 Å². The molecule has 2 N–H and O–H groups in total. The highest BCUT2D eigenvalue weighted by atomic mass is 16.1. The topological polar surface area (TPSA) is 92.7 Å². The second-order valence-corrected chi connectivity index (χ2v) is 8.96. The van der Waals surface area contributed by atoms with Crippen molar-refractivity contribution in [2.24, 2.45) is 5.92 Å². The Morgan fingerprint density at radius 1 is 1.03 bits per heavy atom. The number of amides is 1. The van der Waals surface area contributed by atoms with Crippen LogP contribution in [-0.4, -0.2) is 25.4 Å². The van der Waals surface area contributed by atoms with Crippen molar-refractivity contribution in [2.75, 3.05) is 0 Å². The van der Waals surface area contributed by atoms with Crippen molar-refractivity contribution in [3.63, 3.8) is 0 Å². The molecule has 33 heavy (non-hydrogen) atoms. The van der Waals surface area contributed by atoms with E-state index in [4.69, 9.17) is 0 Å². The van der Waals surface area contributed by atoms with E-state index >= 15 is 0 Å². The summed E-state index contributed by atoms with van der Waals surface area (Å²) in [5.41, 5.74) is 2.60. The summed E-state index contributed by atoms with van der Waals surface area (Å²) in [5.74, 6) is 1.27. The van der Waals surface area contributed by atoms with Gasteiger partial charge in [-0.25, -0.2) is 9.97 Å². The average molecular weight is 446 g/mol. The number of nitrogens with zero attached hydrogens (tertiary/aromatic N) is 3. The maximum atomic E-state index is 12.6. The Bertz CT molecular complexity index is 1260. The van der Waals surface area contributed by atoms with E-state index in [2.05, 4.69) is 34.1 Å². The quantitative estimate of drug-likeness (QED) is 0.345. The standard InChI is InChI=1S/C26H31N5O2/c1-18(2)16-23(25-29-21-12-7-8-13-22(21)30-25)28-24(32)14-4-3-9-15-31-17-27-20-11-6-5-10-19(20)26(31)33/h5-8,10-13,17-18,23H,3-4,9,14-16H2,1-2H3,(H,28,32)(H,29,30)/t23-/m0/s1. The van der Waals surface area contributed by atoms with Gasteiger partial charge in [0.1, 0.15) is 5.82 Å². The first-order valence-electron chi connectivity index (χ1n) is 11.7. The number of carbonyl (C=O) groups is 1. The Morgan fingerprint density at radius 3 is 2.58 bits per heavy atom. The van der Waals surface area contributed by atoms with E-state index in [-0.39, 0.29) is 17.5 Å². The van der Waals surface area contributed by atoms with Crippen LogP contribution in [0.25, 0.3) is 21.9 Å². The maximum Gasteiger partial charge on any atom is 0.261 e. The summed E-state index contributed by atoms with van der Waals surface area (Å²) in [4.78, 5) is 37.6. The molecule has 0 bridgehead atoms. The zero-order chi connectivity index (χ0) is 23.2. The number of aromatic nitrogens is 4. The number of aromatic amines is 1. The third-order valence-electron chi connectivity index (χ3n) is 5.81. The molecule has 0 fully saturated rings. The van der Waals surface area contributed by atoms with Crippen molar-refractivity contribution in [1.29, 1.82) is 0 Å². The van der Waals surface area contributed by atoms with Crippen molar-refractivity contribution in [1.82, 2.24) is 24.8 Å². The monoisotopic (exact) mass is 445 g/mol. The molecule has 1 amide bonds. The Morgan fingerprint density at radius 2 is 1.79 bits per heavy atom. The molecule has 0 unspecified atom stereocenters. The van der Waals surface area contributed by atoms with Gasteiger partial charge in [-0.3, -0.25) is 14.2 Å². The zero-order valence-corrected chi connectivity index (χ0v) is 19.3. The minimum atomic E-state index is -0.132. The SMILES string of the molecule is CC(C)C[C@H](NC(=O)CCCCCn1cnc2ccccc2c1=O)c1nc2ccccc2[nH]1. The summed E-state index contributed by atoms with van der Waals surface area (Å²) in [5, 5.41) is 3.81. The van der Waals surface area contributed by atoms with Gasteiger partial charge in [0, 0.05) is 13.0 Å². The summed E-state index contributed by atoms with van der Waals surface area (Å²) >= 11 is 0. The first-order valence-corrected chi connectivity index (χ1v) is 11.7. The van der Waals surface area contributed by atoms with Gasteiger partial charge >= 0.3 is 0 Å². The highest BCUT2D eigenvalue weighted by molar-refractivity contribution is 5.78. The molecule has 1 atom stereocenters. The number of aryl methyl sites for hydroxylation is 1. The fourth-order valence-electron chi connectivity index (χ4n) is 4.12. The van der Waals surface area contributed by atoms with Crippen LogP contribution in [0.15, 0.2) is 59.7 Å². The van der Waals surface area contributed by atoms with E-state index in [1.807, 2.05) is 42.5 Å². The van der Waals surface area contributed by atoms with Crippen LogP contribution in [0, 0.1) is 5.92 Å². The molecule has 0 saturated carbocycles. The average Bonchev–Trinajstić information content (AvgIpc) is 3.24. The van der Waals surface area contributed by atoms with Gasteiger partial charge in [-0.1, -0.05) is 44.5 Å². The summed E-state index contributed by atoms with van der Waals surface area (Å²) in [6, 6.07) is 15.2. The number of unbranched alkanes of at least 4 members (excludes halogenated alkanes) is 2. The molecule has 0 aliphatic carbocycles. The lowest BCUT2D eigenvalue weighted by atomic mass is 10.0. The molecule has 0 aliphatic heterocycles.